The van der Waals surface area contributed by atoms with Gasteiger partial charge in [0.05, 0.1) is 0 Å². The fourth-order valence-corrected chi connectivity index (χ4v) is 4.06. The van der Waals surface area contributed by atoms with E-state index in [4.69, 9.17) is 4.42 Å². The first-order chi connectivity index (χ1) is 9.86. The van der Waals surface area contributed by atoms with Crippen LogP contribution in [0.5, 0.6) is 0 Å². The monoisotopic (exact) mass is 290 g/mol. The van der Waals surface area contributed by atoms with E-state index < -0.39 is 0 Å². The molecule has 0 saturated heterocycles. The molecule has 0 aliphatic heterocycles. The summed E-state index contributed by atoms with van der Waals surface area (Å²) in [5.74, 6) is 0. The molecule has 1 aromatic heterocycles. The first-order valence-corrected chi connectivity index (χ1v) is 8.50. The van der Waals surface area contributed by atoms with Crippen molar-refractivity contribution in [2.24, 2.45) is 0 Å². The fraction of sp³-hybridized carbons (Fsp3) is 0.562. The van der Waals surface area contributed by atoms with E-state index in [-0.39, 0.29) is 0 Å². The average Bonchev–Trinajstić information content (AvgIpc) is 2.88. The second-order valence-electron chi connectivity index (χ2n) is 5.45. The molecule has 1 aliphatic carbocycles. The van der Waals surface area contributed by atoms with Gasteiger partial charge in [0.1, 0.15) is 5.52 Å². The second kappa shape index (κ2) is 6.64. The first kappa shape index (κ1) is 14.0. The highest BCUT2D eigenvalue weighted by Gasteiger charge is 2.27. The lowest BCUT2D eigenvalue weighted by molar-refractivity contribution is 0.381. The molecule has 1 fully saturated rings. The van der Waals surface area contributed by atoms with Crippen molar-refractivity contribution in [2.45, 2.75) is 55.5 Å². The number of fused-ring (bicyclic) bond motifs is 1. The van der Waals surface area contributed by atoms with E-state index in [1.165, 1.54) is 32.1 Å². The van der Waals surface area contributed by atoms with E-state index in [0.717, 1.165) is 22.9 Å². The largest absolute Gasteiger partial charge is 0.431 e. The summed E-state index contributed by atoms with van der Waals surface area (Å²) < 4.78 is 5.85. The Labute approximate surface area is 124 Å². The van der Waals surface area contributed by atoms with Crippen LogP contribution in [0.3, 0.4) is 0 Å². The molecule has 3 rings (SSSR count). The van der Waals surface area contributed by atoms with Crippen LogP contribution >= 0.6 is 11.8 Å². The molecular formula is C16H22N2OS. The maximum absolute atomic E-state index is 5.85. The lowest BCUT2D eigenvalue weighted by Gasteiger charge is -2.30. The smallest absolute Gasteiger partial charge is 0.257 e. The van der Waals surface area contributed by atoms with Crippen LogP contribution in [0.1, 0.15) is 39.0 Å². The molecule has 2 atom stereocenters. The van der Waals surface area contributed by atoms with E-state index in [1.54, 1.807) is 0 Å². The number of nitrogens with zero attached hydrogens (tertiary/aromatic N) is 1. The summed E-state index contributed by atoms with van der Waals surface area (Å²) in [6, 6.07) is 8.60. The van der Waals surface area contributed by atoms with Gasteiger partial charge in [-0.2, -0.15) is 0 Å². The number of rotatable bonds is 5. The summed E-state index contributed by atoms with van der Waals surface area (Å²) in [5.41, 5.74) is 1.85. The van der Waals surface area contributed by atoms with E-state index in [9.17, 15) is 0 Å². The Balaban J connectivity index is 1.70. The van der Waals surface area contributed by atoms with Crippen LogP contribution in [0.15, 0.2) is 33.9 Å². The Bertz CT molecular complexity index is 521. The predicted molar refractivity (Wildman–Crippen MR) is 84.2 cm³/mol. The molecule has 3 nitrogen and oxygen atoms in total. The minimum Gasteiger partial charge on any atom is -0.431 e. The first-order valence-electron chi connectivity index (χ1n) is 7.62. The van der Waals surface area contributed by atoms with E-state index in [1.807, 2.05) is 36.0 Å². The van der Waals surface area contributed by atoms with Gasteiger partial charge in [0.25, 0.3) is 5.22 Å². The molecular weight excluding hydrogens is 268 g/mol. The number of hydrogen-bond donors (Lipinski definition) is 1. The fourth-order valence-electron chi connectivity index (χ4n) is 2.83. The normalized spacial score (nSPS) is 23.2. The third-order valence-corrected chi connectivity index (χ3v) is 5.13. The molecule has 2 aromatic rings. The van der Waals surface area contributed by atoms with Crippen molar-refractivity contribution in [1.29, 1.82) is 0 Å². The maximum atomic E-state index is 5.85. The van der Waals surface area contributed by atoms with Gasteiger partial charge in [-0.05, 0) is 37.9 Å². The zero-order chi connectivity index (χ0) is 13.8. The molecule has 0 spiro atoms. The van der Waals surface area contributed by atoms with Gasteiger partial charge in [0.15, 0.2) is 5.58 Å². The molecule has 1 aromatic carbocycles. The van der Waals surface area contributed by atoms with Gasteiger partial charge in [0, 0.05) is 11.3 Å². The lowest BCUT2D eigenvalue weighted by Crippen LogP contribution is -2.40. The van der Waals surface area contributed by atoms with Gasteiger partial charge in [-0.1, -0.05) is 43.7 Å². The number of oxazole rings is 1. The molecule has 1 aliphatic rings. The molecule has 2 unspecified atom stereocenters. The van der Waals surface area contributed by atoms with Crippen molar-refractivity contribution in [3.63, 3.8) is 0 Å². The molecule has 1 N–H and O–H groups in total. The van der Waals surface area contributed by atoms with Gasteiger partial charge in [-0.15, -0.1) is 0 Å². The van der Waals surface area contributed by atoms with E-state index in [2.05, 4.69) is 17.2 Å². The van der Waals surface area contributed by atoms with Crippen LogP contribution in [-0.2, 0) is 0 Å². The highest BCUT2D eigenvalue weighted by atomic mass is 32.2. The average molecular weight is 290 g/mol. The third kappa shape index (κ3) is 3.18. The minimum atomic E-state index is 0.586. The summed E-state index contributed by atoms with van der Waals surface area (Å²) in [5, 5.41) is 5.09. The molecule has 0 amide bonds. The van der Waals surface area contributed by atoms with E-state index in [0.29, 0.717) is 11.3 Å². The molecule has 0 bridgehead atoms. The van der Waals surface area contributed by atoms with Crippen LogP contribution in [0.25, 0.3) is 11.1 Å². The Kier molecular flexibility index (Phi) is 4.63. The Morgan fingerprint density at radius 2 is 2.15 bits per heavy atom. The summed E-state index contributed by atoms with van der Waals surface area (Å²) >= 11 is 1.81. The van der Waals surface area contributed by atoms with Crippen molar-refractivity contribution in [2.75, 3.05) is 6.54 Å². The van der Waals surface area contributed by atoms with Crippen molar-refractivity contribution >= 4 is 22.9 Å². The molecule has 0 radical (unpaired) electrons. The van der Waals surface area contributed by atoms with Gasteiger partial charge in [-0.25, -0.2) is 4.98 Å². The Morgan fingerprint density at radius 1 is 1.30 bits per heavy atom. The molecule has 4 heteroatoms. The number of thioether (sulfide) groups is 1. The predicted octanol–water partition coefficient (Wildman–Crippen LogP) is 4.23. The molecule has 108 valence electrons. The van der Waals surface area contributed by atoms with Gasteiger partial charge in [-0.3, -0.25) is 0 Å². The molecule has 1 saturated carbocycles. The van der Waals surface area contributed by atoms with Crippen LogP contribution in [0, 0.1) is 0 Å². The topological polar surface area (TPSA) is 38.1 Å². The SMILES string of the molecule is CCCNC1CCCCC1Sc1nc2ccccc2o1. The van der Waals surface area contributed by atoms with Crippen LogP contribution in [0.4, 0.5) is 0 Å². The number of benzene rings is 1. The van der Waals surface area contributed by atoms with Crippen LogP contribution < -0.4 is 5.32 Å². The number of nitrogens with one attached hydrogen (secondary N) is 1. The highest BCUT2D eigenvalue weighted by Crippen LogP contribution is 2.34. The van der Waals surface area contributed by atoms with Crippen molar-refractivity contribution in [3.8, 4) is 0 Å². The van der Waals surface area contributed by atoms with Crippen molar-refractivity contribution < 1.29 is 4.42 Å². The number of hydrogen-bond acceptors (Lipinski definition) is 4. The van der Waals surface area contributed by atoms with E-state index >= 15 is 0 Å². The number of aromatic nitrogens is 1. The van der Waals surface area contributed by atoms with Gasteiger partial charge in [0.2, 0.25) is 0 Å². The molecule has 20 heavy (non-hydrogen) atoms. The van der Waals surface area contributed by atoms with Crippen LogP contribution in [-0.4, -0.2) is 22.8 Å². The third-order valence-electron chi connectivity index (χ3n) is 3.89. The minimum absolute atomic E-state index is 0.586. The summed E-state index contributed by atoms with van der Waals surface area (Å²) in [4.78, 5) is 4.59. The maximum Gasteiger partial charge on any atom is 0.257 e. The zero-order valence-corrected chi connectivity index (χ0v) is 12.8. The zero-order valence-electron chi connectivity index (χ0n) is 12.0. The second-order valence-corrected chi connectivity index (χ2v) is 6.64. The number of para-hydroxylation sites is 2. The van der Waals surface area contributed by atoms with Gasteiger partial charge < -0.3 is 9.73 Å². The Hall–Kier alpha value is -1.00. The van der Waals surface area contributed by atoms with Crippen LogP contribution in [0.2, 0.25) is 0 Å². The summed E-state index contributed by atoms with van der Waals surface area (Å²) in [6.07, 6.45) is 6.38. The Morgan fingerprint density at radius 3 is 3.00 bits per heavy atom. The van der Waals surface area contributed by atoms with Crippen molar-refractivity contribution in [1.82, 2.24) is 10.3 Å². The quantitative estimate of drug-likeness (QED) is 0.894. The van der Waals surface area contributed by atoms with Crippen molar-refractivity contribution in [3.05, 3.63) is 24.3 Å². The molecule has 1 heterocycles. The summed E-state index contributed by atoms with van der Waals surface area (Å²) in [7, 11) is 0. The lowest BCUT2D eigenvalue weighted by atomic mass is 9.95. The standard InChI is InChI=1S/C16H22N2OS/c1-2-11-17-13-8-4-6-10-15(13)20-16-18-12-7-3-5-9-14(12)19-16/h3,5,7,9,13,15,17H,2,4,6,8,10-11H2,1H3. The van der Waals surface area contributed by atoms with Gasteiger partial charge >= 0.3 is 0 Å². The summed E-state index contributed by atoms with van der Waals surface area (Å²) in [6.45, 7) is 3.33. The highest BCUT2D eigenvalue weighted by molar-refractivity contribution is 7.99.